The van der Waals surface area contributed by atoms with Crippen LogP contribution in [0.25, 0.3) is 10.7 Å². The van der Waals surface area contributed by atoms with Gasteiger partial charge in [-0.25, -0.2) is 17.8 Å². The SMILES string of the molecule is Cn1nc(-c2cccs2)nc1NS(=O)(=O)c1ccc2c(c1)CCCC(=O)N2. The van der Waals surface area contributed by atoms with Gasteiger partial charge in [0.1, 0.15) is 0 Å². The summed E-state index contributed by atoms with van der Waals surface area (Å²) < 4.78 is 29.5. The molecule has 0 spiro atoms. The van der Waals surface area contributed by atoms with E-state index in [9.17, 15) is 13.2 Å². The number of amides is 1. The van der Waals surface area contributed by atoms with Gasteiger partial charge in [-0.05, 0) is 48.1 Å². The Bertz CT molecular complexity index is 1100. The van der Waals surface area contributed by atoms with Crippen molar-refractivity contribution in [3.63, 3.8) is 0 Å². The van der Waals surface area contributed by atoms with Crippen molar-refractivity contribution < 1.29 is 13.2 Å². The van der Waals surface area contributed by atoms with E-state index in [2.05, 4.69) is 20.1 Å². The second-order valence-electron chi connectivity index (χ2n) is 6.19. The summed E-state index contributed by atoms with van der Waals surface area (Å²) in [6, 6.07) is 8.46. The van der Waals surface area contributed by atoms with Crippen LogP contribution in [0.5, 0.6) is 0 Å². The first kappa shape index (κ1) is 17.7. The third kappa shape index (κ3) is 3.58. The van der Waals surface area contributed by atoms with Crippen LogP contribution in [0, 0.1) is 0 Å². The molecule has 10 heteroatoms. The van der Waals surface area contributed by atoms with Crippen molar-refractivity contribution in [2.75, 3.05) is 10.0 Å². The van der Waals surface area contributed by atoms with Gasteiger partial charge in [0.2, 0.25) is 11.9 Å². The van der Waals surface area contributed by atoms with E-state index < -0.39 is 10.0 Å². The monoisotopic (exact) mass is 403 g/mol. The molecule has 0 bridgehead atoms. The topological polar surface area (TPSA) is 106 Å². The van der Waals surface area contributed by atoms with E-state index in [-0.39, 0.29) is 16.8 Å². The highest BCUT2D eigenvalue weighted by molar-refractivity contribution is 7.92. The lowest BCUT2D eigenvalue weighted by Gasteiger charge is -2.11. The second kappa shape index (κ2) is 6.78. The number of rotatable bonds is 4. The molecule has 0 saturated carbocycles. The van der Waals surface area contributed by atoms with Crippen LogP contribution in [0.15, 0.2) is 40.6 Å². The summed E-state index contributed by atoms with van der Waals surface area (Å²) >= 11 is 1.48. The Morgan fingerprint density at radius 1 is 1.26 bits per heavy atom. The molecule has 0 fully saturated rings. The molecule has 1 aliphatic rings. The van der Waals surface area contributed by atoms with Crippen LogP contribution in [0.3, 0.4) is 0 Å². The molecule has 1 aliphatic heterocycles. The van der Waals surface area contributed by atoms with Crippen LogP contribution < -0.4 is 10.0 Å². The molecule has 0 aliphatic carbocycles. The van der Waals surface area contributed by atoms with Crippen LogP contribution in [-0.4, -0.2) is 29.1 Å². The number of nitrogens with one attached hydrogen (secondary N) is 2. The van der Waals surface area contributed by atoms with E-state index in [1.54, 1.807) is 19.2 Å². The first-order valence-electron chi connectivity index (χ1n) is 8.33. The molecule has 140 valence electrons. The Morgan fingerprint density at radius 2 is 2.11 bits per heavy atom. The molecule has 0 radical (unpaired) electrons. The number of carbonyl (C=O) groups is 1. The first-order valence-corrected chi connectivity index (χ1v) is 10.7. The average Bonchev–Trinajstić information content (AvgIpc) is 3.22. The summed E-state index contributed by atoms with van der Waals surface area (Å²) in [5.74, 6) is 0.555. The maximum absolute atomic E-state index is 12.8. The molecule has 2 aromatic heterocycles. The van der Waals surface area contributed by atoms with Gasteiger partial charge >= 0.3 is 0 Å². The minimum absolute atomic E-state index is 0.0531. The second-order valence-corrected chi connectivity index (χ2v) is 8.82. The molecule has 1 aromatic carbocycles. The van der Waals surface area contributed by atoms with E-state index in [1.807, 2.05) is 17.5 Å². The summed E-state index contributed by atoms with van der Waals surface area (Å²) in [6.07, 6.45) is 1.76. The van der Waals surface area contributed by atoms with Crippen molar-refractivity contribution >= 4 is 38.9 Å². The zero-order valence-electron chi connectivity index (χ0n) is 14.5. The summed E-state index contributed by atoms with van der Waals surface area (Å²) in [5.41, 5.74) is 1.47. The summed E-state index contributed by atoms with van der Waals surface area (Å²) in [5, 5.41) is 8.97. The van der Waals surface area contributed by atoms with Crippen molar-refractivity contribution in [1.29, 1.82) is 0 Å². The highest BCUT2D eigenvalue weighted by atomic mass is 32.2. The predicted octanol–water partition coefficient (Wildman–Crippen LogP) is 2.62. The van der Waals surface area contributed by atoms with Gasteiger partial charge in [-0.2, -0.15) is 4.98 Å². The molecule has 8 nitrogen and oxygen atoms in total. The average molecular weight is 403 g/mol. The zero-order chi connectivity index (χ0) is 19.0. The molecule has 0 unspecified atom stereocenters. The highest BCUT2D eigenvalue weighted by Gasteiger charge is 2.21. The molecule has 1 amide bonds. The van der Waals surface area contributed by atoms with Crippen LogP contribution in [0.1, 0.15) is 18.4 Å². The molecular formula is C17H17N5O3S2. The Kier molecular flexibility index (Phi) is 4.44. The fourth-order valence-electron chi connectivity index (χ4n) is 2.88. The number of carbonyl (C=O) groups excluding carboxylic acids is 1. The largest absolute Gasteiger partial charge is 0.326 e. The third-order valence-corrected chi connectivity index (χ3v) is 6.43. The van der Waals surface area contributed by atoms with Crippen molar-refractivity contribution in [3.05, 3.63) is 41.3 Å². The summed E-state index contributed by atoms with van der Waals surface area (Å²) in [6.45, 7) is 0. The standard InChI is InChI=1S/C17H17N5O3S2/c1-22-17(19-16(20-22)14-5-3-9-26-14)21-27(24,25)12-7-8-13-11(10-12)4-2-6-15(23)18-13/h3,5,7-10H,2,4,6H2,1H3,(H,18,23)(H,19,20,21). The normalized spacial score (nSPS) is 14.3. The van der Waals surface area contributed by atoms with E-state index in [1.165, 1.54) is 22.1 Å². The first-order chi connectivity index (χ1) is 12.9. The van der Waals surface area contributed by atoms with Crippen molar-refractivity contribution in [3.8, 4) is 10.7 Å². The Hall–Kier alpha value is -2.72. The van der Waals surface area contributed by atoms with Gasteiger partial charge < -0.3 is 5.32 Å². The maximum Gasteiger partial charge on any atom is 0.264 e. The Morgan fingerprint density at radius 3 is 2.89 bits per heavy atom. The fraction of sp³-hybridized carbons (Fsp3) is 0.235. The van der Waals surface area contributed by atoms with E-state index >= 15 is 0 Å². The number of nitrogens with zero attached hydrogens (tertiary/aromatic N) is 3. The van der Waals surface area contributed by atoms with Gasteiger partial charge in [-0.3, -0.25) is 4.79 Å². The summed E-state index contributed by atoms with van der Waals surface area (Å²) in [7, 11) is -2.20. The van der Waals surface area contributed by atoms with Gasteiger partial charge in [0.05, 0.1) is 9.77 Å². The minimum Gasteiger partial charge on any atom is -0.326 e. The zero-order valence-corrected chi connectivity index (χ0v) is 16.1. The molecule has 0 saturated heterocycles. The Labute approximate surface area is 160 Å². The minimum atomic E-state index is -3.83. The number of aryl methyl sites for hydroxylation is 2. The number of sulfonamides is 1. The highest BCUT2D eigenvalue weighted by Crippen LogP contribution is 2.27. The number of aromatic nitrogens is 3. The van der Waals surface area contributed by atoms with E-state index in [4.69, 9.17) is 0 Å². The molecule has 0 atom stereocenters. The van der Waals surface area contributed by atoms with Crippen LogP contribution in [0.2, 0.25) is 0 Å². The molecule has 27 heavy (non-hydrogen) atoms. The number of anilines is 2. The van der Waals surface area contributed by atoms with E-state index in [0.717, 1.165) is 10.4 Å². The number of hydrogen-bond acceptors (Lipinski definition) is 6. The lowest BCUT2D eigenvalue weighted by atomic mass is 10.1. The smallest absolute Gasteiger partial charge is 0.264 e. The lowest BCUT2D eigenvalue weighted by molar-refractivity contribution is -0.116. The lowest BCUT2D eigenvalue weighted by Crippen LogP contribution is -2.16. The van der Waals surface area contributed by atoms with Gasteiger partial charge in [0.25, 0.3) is 10.0 Å². The molecule has 3 heterocycles. The van der Waals surface area contributed by atoms with Gasteiger partial charge in [-0.15, -0.1) is 16.4 Å². The number of benzene rings is 1. The van der Waals surface area contributed by atoms with Crippen molar-refractivity contribution in [2.24, 2.45) is 7.05 Å². The van der Waals surface area contributed by atoms with Crippen molar-refractivity contribution in [2.45, 2.75) is 24.2 Å². The van der Waals surface area contributed by atoms with Crippen LogP contribution in [-0.2, 0) is 28.3 Å². The fourth-order valence-corrected chi connectivity index (χ4v) is 4.61. The van der Waals surface area contributed by atoms with Gasteiger partial charge in [-0.1, -0.05) is 6.07 Å². The van der Waals surface area contributed by atoms with Gasteiger partial charge in [0, 0.05) is 19.2 Å². The molecule has 4 rings (SSSR count). The van der Waals surface area contributed by atoms with E-state index in [0.29, 0.717) is 30.8 Å². The molecule has 3 aromatic rings. The number of hydrogen-bond donors (Lipinski definition) is 2. The maximum atomic E-state index is 12.8. The third-order valence-electron chi connectivity index (χ3n) is 4.24. The molecule has 2 N–H and O–H groups in total. The number of thiophene rings is 1. The van der Waals surface area contributed by atoms with Gasteiger partial charge in [0.15, 0.2) is 5.82 Å². The quantitative estimate of drug-likeness (QED) is 0.697. The van der Waals surface area contributed by atoms with Crippen LogP contribution >= 0.6 is 11.3 Å². The number of fused-ring (bicyclic) bond motifs is 1. The Balaban J connectivity index is 1.63. The summed E-state index contributed by atoms with van der Waals surface area (Å²) in [4.78, 5) is 16.9. The molecular weight excluding hydrogens is 386 g/mol. The van der Waals surface area contributed by atoms with Crippen molar-refractivity contribution in [1.82, 2.24) is 14.8 Å². The van der Waals surface area contributed by atoms with Crippen LogP contribution in [0.4, 0.5) is 11.6 Å². The predicted molar refractivity (Wildman–Crippen MR) is 103 cm³/mol.